The van der Waals surface area contributed by atoms with Crippen LogP contribution >= 0.6 is 18.7 Å². The van der Waals surface area contributed by atoms with Gasteiger partial charge in [0.1, 0.15) is 18.8 Å². The third kappa shape index (κ3) is 3.23. The molecule has 6 rings (SSSR count). The maximum absolute atomic E-state index is 14.9. The number of rotatable bonds is 2. The summed E-state index contributed by atoms with van der Waals surface area (Å²) in [5.74, 6) is -0.620. The molecule has 0 radical (unpaired) electrons. The number of carbonyl (C=O) groups is 1. The molecular weight excluding hydrogens is 484 g/mol. The van der Waals surface area contributed by atoms with Crippen LogP contribution in [-0.2, 0) is 4.57 Å². The fourth-order valence-corrected chi connectivity index (χ4v) is 6.74. The molecule has 0 saturated heterocycles. The highest BCUT2D eigenvalue weighted by Crippen LogP contribution is 2.50. The van der Waals surface area contributed by atoms with E-state index < -0.39 is 37.9 Å². The minimum atomic E-state index is -2.77. The van der Waals surface area contributed by atoms with Gasteiger partial charge in [0.15, 0.2) is 0 Å². The molecule has 8 heteroatoms. The van der Waals surface area contributed by atoms with Crippen LogP contribution in [0.1, 0.15) is 49.9 Å². The van der Waals surface area contributed by atoms with Crippen LogP contribution in [0.4, 0.5) is 4.39 Å². The first-order valence-corrected chi connectivity index (χ1v) is 14.3. The van der Waals surface area contributed by atoms with Gasteiger partial charge in [0.2, 0.25) is 0 Å². The number of halogens is 2. The van der Waals surface area contributed by atoms with Crippen LogP contribution in [0.5, 0.6) is 0 Å². The number of benzene rings is 3. The van der Waals surface area contributed by atoms with Crippen LogP contribution in [0.15, 0.2) is 48.5 Å². The maximum atomic E-state index is 14.9. The van der Waals surface area contributed by atoms with Gasteiger partial charge in [0, 0.05) is 39.0 Å². The second-order valence-corrected chi connectivity index (χ2v) is 13.2. The summed E-state index contributed by atoms with van der Waals surface area (Å²) in [6, 6.07) is 12.5. The molecule has 0 spiro atoms. The molecule has 0 fully saturated rings. The Kier molecular flexibility index (Phi) is 4.14. The number of carbonyl (C=O) groups excluding carboxylic acids is 1. The minimum Gasteiger partial charge on any atom is -0.331 e. The molecule has 35 heavy (non-hydrogen) atoms. The van der Waals surface area contributed by atoms with E-state index in [2.05, 4.69) is 0 Å². The Balaban J connectivity index is 1.59. The molecule has 2 atom stereocenters. The molecule has 1 amide bonds. The van der Waals surface area contributed by atoms with E-state index in [9.17, 15) is 13.8 Å². The van der Waals surface area contributed by atoms with Gasteiger partial charge in [-0.25, -0.2) is 9.37 Å². The van der Waals surface area contributed by atoms with E-state index in [1.165, 1.54) is 19.4 Å². The number of nitrogens with zero attached hydrogens (tertiary/aromatic N) is 3. The fourth-order valence-electron chi connectivity index (χ4n) is 5.44. The van der Waals surface area contributed by atoms with Gasteiger partial charge in [-0.1, -0.05) is 29.8 Å². The van der Waals surface area contributed by atoms with E-state index in [0.717, 1.165) is 16.0 Å². The Labute approximate surface area is 212 Å². The van der Waals surface area contributed by atoms with Crippen LogP contribution in [0, 0.1) is 12.7 Å². The molecule has 5 nitrogen and oxygen atoms in total. The number of aryl methyl sites for hydroxylation is 1. The Hall–Kier alpha value is -2.95. The van der Waals surface area contributed by atoms with Gasteiger partial charge in [-0.15, -0.1) is 0 Å². The lowest BCUT2D eigenvalue weighted by molar-refractivity contribution is 0.0733. The molecule has 2 aliphatic heterocycles. The fraction of sp³-hybridized carbons (Fsp3) is 0.259. The quantitative estimate of drug-likeness (QED) is 0.303. The SMILES string of the molecule is [2H]C([2H])([2H])N1C(=O)c2c(C)ccc(Cl)c2[C@H]2C[C@@H]1c1nc3ccc(-c4ccc(P(C)(C)=O)c(F)c4)cc3n12. The molecule has 3 heterocycles. The standard InChI is InChI=1S/C27H24ClFN3O2P/c1-14-5-8-17(28)25-21-13-22(31(2)27(33)24(14)25)26-30-19-9-6-16(12-20(19)32(21)26)15-7-10-23(18(29)11-15)35(3,4)34/h5-12,21-22H,13H2,1-4H3/t21-,22-/m1/s1/i2D3. The average molecular weight is 511 g/mol. The zero-order chi connectivity index (χ0) is 27.3. The molecule has 0 N–H and O–H groups in total. The maximum Gasteiger partial charge on any atom is 0.254 e. The normalized spacial score (nSPS) is 20.8. The molecule has 0 unspecified atom stereocenters. The van der Waals surface area contributed by atoms with Gasteiger partial charge in [-0.3, -0.25) is 4.79 Å². The highest BCUT2D eigenvalue weighted by Gasteiger charge is 2.44. The molecule has 2 bridgehead atoms. The zero-order valence-electron chi connectivity index (χ0n) is 22.3. The van der Waals surface area contributed by atoms with Gasteiger partial charge in [0.05, 0.1) is 23.1 Å². The summed E-state index contributed by atoms with van der Waals surface area (Å²) in [6.45, 7) is 2.16. The summed E-state index contributed by atoms with van der Waals surface area (Å²) in [5.41, 5.74) is 4.26. The lowest BCUT2D eigenvalue weighted by Gasteiger charge is -2.25. The van der Waals surface area contributed by atoms with Crippen molar-refractivity contribution in [1.29, 1.82) is 0 Å². The largest absolute Gasteiger partial charge is 0.331 e. The highest BCUT2D eigenvalue weighted by atomic mass is 35.5. The molecule has 3 aromatic carbocycles. The van der Waals surface area contributed by atoms with Crippen molar-refractivity contribution >= 4 is 41.0 Å². The van der Waals surface area contributed by atoms with Gasteiger partial charge in [-0.2, -0.15) is 0 Å². The zero-order valence-corrected chi connectivity index (χ0v) is 21.0. The molecule has 1 aromatic heterocycles. The van der Waals surface area contributed by atoms with Crippen molar-refractivity contribution in [2.75, 3.05) is 20.3 Å². The number of amides is 1. The number of hydrogen-bond donors (Lipinski definition) is 0. The van der Waals surface area contributed by atoms with E-state index >= 15 is 0 Å². The number of imidazole rings is 1. The van der Waals surface area contributed by atoms with Gasteiger partial charge in [-0.05, 0) is 67.3 Å². The predicted octanol–water partition coefficient (Wildman–Crippen LogP) is 6.17. The van der Waals surface area contributed by atoms with Crippen molar-refractivity contribution in [3.63, 3.8) is 0 Å². The second kappa shape index (κ2) is 7.52. The van der Waals surface area contributed by atoms with Crippen LogP contribution in [0.2, 0.25) is 5.02 Å². The number of aromatic nitrogens is 2. The average Bonchev–Trinajstić information content (AvgIpc) is 3.31. The molecular formula is C27H24ClFN3O2P. The lowest BCUT2D eigenvalue weighted by atomic mass is 9.95. The van der Waals surface area contributed by atoms with Crippen LogP contribution in [0.25, 0.3) is 22.2 Å². The Morgan fingerprint density at radius 1 is 1.11 bits per heavy atom. The van der Waals surface area contributed by atoms with E-state index in [-0.39, 0.29) is 5.30 Å². The summed E-state index contributed by atoms with van der Waals surface area (Å²) in [5, 5.41) is 0.593. The number of fused-ring (bicyclic) bond motifs is 9. The Morgan fingerprint density at radius 2 is 1.86 bits per heavy atom. The molecule has 178 valence electrons. The van der Waals surface area contributed by atoms with Crippen LogP contribution in [-0.4, -0.2) is 40.7 Å². The summed E-state index contributed by atoms with van der Waals surface area (Å²) in [4.78, 5) is 19.4. The van der Waals surface area contributed by atoms with Gasteiger partial charge < -0.3 is 14.0 Å². The first-order chi connectivity index (χ1) is 17.8. The van der Waals surface area contributed by atoms with Crippen LogP contribution < -0.4 is 5.30 Å². The van der Waals surface area contributed by atoms with Crippen LogP contribution in [0.3, 0.4) is 0 Å². The first kappa shape index (κ1) is 19.3. The Morgan fingerprint density at radius 3 is 2.57 bits per heavy atom. The molecule has 0 aliphatic carbocycles. The number of hydrogen-bond acceptors (Lipinski definition) is 3. The second-order valence-electron chi connectivity index (χ2n) is 9.66. The van der Waals surface area contributed by atoms with E-state index in [0.29, 0.717) is 45.0 Å². The smallest absolute Gasteiger partial charge is 0.254 e. The van der Waals surface area contributed by atoms with Crippen molar-refractivity contribution in [3.8, 4) is 11.1 Å². The third-order valence-electron chi connectivity index (χ3n) is 7.11. The molecule has 0 saturated carbocycles. The van der Waals surface area contributed by atoms with E-state index in [1.807, 2.05) is 16.7 Å². The lowest BCUT2D eigenvalue weighted by Crippen LogP contribution is -2.31. The summed E-state index contributed by atoms with van der Waals surface area (Å²) in [6.07, 6.45) is 0.328. The van der Waals surface area contributed by atoms with Crippen molar-refractivity contribution in [2.45, 2.75) is 25.4 Å². The predicted molar refractivity (Wildman–Crippen MR) is 138 cm³/mol. The molecule has 2 aliphatic rings. The highest BCUT2D eigenvalue weighted by molar-refractivity contribution is 7.70. The third-order valence-corrected chi connectivity index (χ3v) is 8.96. The summed E-state index contributed by atoms with van der Waals surface area (Å²) >= 11 is 6.68. The Bertz CT molecular complexity index is 1730. The minimum absolute atomic E-state index is 0.202. The van der Waals surface area contributed by atoms with Crippen molar-refractivity contribution in [2.24, 2.45) is 0 Å². The van der Waals surface area contributed by atoms with Crippen molar-refractivity contribution in [1.82, 2.24) is 14.5 Å². The molecule has 4 aromatic rings. The summed E-state index contributed by atoms with van der Waals surface area (Å²) < 4.78 is 53.8. The first-order valence-electron chi connectivity index (χ1n) is 12.8. The van der Waals surface area contributed by atoms with Gasteiger partial charge in [0.25, 0.3) is 5.91 Å². The topological polar surface area (TPSA) is 55.2 Å². The van der Waals surface area contributed by atoms with Gasteiger partial charge >= 0.3 is 0 Å². The van der Waals surface area contributed by atoms with Crippen molar-refractivity contribution < 1.29 is 17.9 Å². The van der Waals surface area contributed by atoms with Crippen molar-refractivity contribution in [3.05, 3.63) is 81.9 Å². The summed E-state index contributed by atoms with van der Waals surface area (Å²) in [7, 11) is -2.77. The van der Waals surface area contributed by atoms with E-state index in [4.69, 9.17) is 20.7 Å². The monoisotopic (exact) mass is 510 g/mol. The van der Waals surface area contributed by atoms with E-state index in [1.54, 1.807) is 37.3 Å².